The third-order valence-electron chi connectivity index (χ3n) is 7.13. The van der Waals surface area contributed by atoms with Gasteiger partial charge >= 0.3 is 6.09 Å². The summed E-state index contributed by atoms with van der Waals surface area (Å²) in [7, 11) is 0. The molecule has 6 nitrogen and oxygen atoms in total. The van der Waals surface area contributed by atoms with Crippen LogP contribution in [0.5, 0.6) is 0 Å². The molecule has 1 amide bonds. The van der Waals surface area contributed by atoms with Crippen molar-refractivity contribution < 1.29 is 9.90 Å². The van der Waals surface area contributed by atoms with Gasteiger partial charge in [-0.25, -0.2) is 9.78 Å². The first-order chi connectivity index (χ1) is 15.6. The van der Waals surface area contributed by atoms with Gasteiger partial charge in [0.1, 0.15) is 5.82 Å². The number of imidazole rings is 1. The molecule has 0 radical (unpaired) electrons. The zero-order chi connectivity index (χ0) is 22.2. The summed E-state index contributed by atoms with van der Waals surface area (Å²) in [4.78, 5) is 18.6. The lowest BCUT2D eigenvalue weighted by molar-refractivity contribution is 0.198. The summed E-state index contributed by atoms with van der Waals surface area (Å²) in [5.41, 5.74) is 4.98. The largest absolute Gasteiger partial charge is 0.465 e. The number of hydrogen-bond donors (Lipinski definition) is 1. The summed E-state index contributed by atoms with van der Waals surface area (Å²) in [6, 6.07) is 17.0. The van der Waals surface area contributed by atoms with Gasteiger partial charge in [-0.2, -0.15) is 5.26 Å². The fraction of sp³-hybridized carbons (Fsp3) is 0.423. The Kier molecular flexibility index (Phi) is 5.34. The molecule has 1 saturated carbocycles. The van der Waals surface area contributed by atoms with Gasteiger partial charge < -0.3 is 9.67 Å². The van der Waals surface area contributed by atoms with Crippen LogP contribution in [0, 0.1) is 17.2 Å². The van der Waals surface area contributed by atoms with Gasteiger partial charge in [0.2, 0.25) is 0 Å². The van der Waals surface area contributed by atoms with Crippen LogP contribution in [0.2, 0.25) is 0 Å². The zero-order valence-corrected chi connectivity index (χ0v) is 18.4. The van der Waals surface area contributed by atoms with Crippen LogP contribution in [-0.4, -0.2) is 26.8 Å². The van der Waals surface area contributed by atoms with Crippen LogP contribution >= 0.6 is 0 Å². The van der Waals surface area contributed by atoms with Gasteiger partial charge in [-0.3, -0.25) is 4.90 Å². The maximum absolute atomic E-state index is 12.0. The van der Waals surface area contributed by atoms with Crippen LogP contribution in [0.4, 0.5) is 10.5 Å². The van der Waals surface area contributed by atoms with E-state index in [9.17, 15) is 15.2 Å². The second kappa shape index (κ2) is 8.31. The van der Waals surface area contributed by atoms with Gasteiger partial charge in [-0.05, 0) is 56.7 Å². The van der Waals surface area contributed by atoms with E-state index in [0.29, 0.717) is 0 Å². The first-order valence-corrected chi connectivity index (χ1v) is 11.5. The van der Waals surface area contributed by atoms with E-state index < -0.39 is 6.09 Å². The normalized spacial score (nSPS) is 23.0. The number of hydrogen-bond acceptors (Lipinski definition) is 3. The van der Waals surface area contributed by atoms with Gasteiger partial charge in [0.05, 0.1) is 22.8 Å². The monoisotopic (exact) mass is 428 g/mol. The van der Waals surface area contributed by atoms with Crippen LogP contribution in [0.25, 0.3) is 11.0 Å². The molecular formula is C26H28N4O2. The summed E-state index contributed by atoms with van der Waals surface area (Å²) in [6.07, 6.45) is 5.32. The van der Waals surface area contributed by atoms with Gasteiger partial charge in [-0.1, -0.05) is 36.8 Å². The van der Waals surface area contributed by atoms with E-state index >= 15 is 0 Å². The molecule has 0 saturated heterocycles. The number of rotatable bonds is 3. The highest BCUT2D eigenvalue weighted by molar-refractivity contribution is 5.94. The minimum Gasteiger partial charge on any atom is -0.465 e. The van der Waals surface area contributed by atoms with Crippen LogP contribution < -0.4 is 4.90 Å². The van der Waals surface area contributed by atoms with Crippen molar-refractivity contribution >= 4 is 22.8 Å². The average Bonchev–Trinajstić information content (AvgIpc) is 3.17. The van der Waals surface area contributed by atoms with Crippen LogP contribution in [0.15, 0.2) is 42.5 Å². The Balaban J connectivity index is 1.67. The summed E-state index contributed by atoms with van der Waals surface area (Å²) >= 11 is 0. The minimum absolute atomic E-state index is 0.0435. The van der Waals surface area contributed by atoms with E-state index in [1.807, 2.05) is 37.3 Å². The molecule has 1 aromatic heterocycles. The van der Waals surface area contributed by atoms with E-state index in [2.05, 4.69) is 22.8 Å². The van der Waals surface area contributed by atoms with Crippen molar-refractivity contribution in [3.05, 3.63) is 59.4 Å². The molecule has 2 aromatic carbocycles. The number of nitriles is 1. The number of aromatic nitrogens is 2. The van der Waals surface area contributed by atoms with E-state index in [1.54, 1.807) is 0 Å². The minimum atomic E-state index is -0.911. The third-order valence-corrected chi connectivity index (χ3v) is 7.13. The second-order valence-corrected chi connectivity index (χ2v) is 9.18. The lowest BCUT2D eigenvalue weighted by Gasteiger charge is -2.33. The quantitative estimate of drug-likeness (QED) is 0.580. The maximum atomic E-state index is 12.0. The molecule has 0 unspecified atom stereocenters. The third kappa shape index (κ3) is 3.52. The van der Waals surface area contributed by atoms with Crippen molar-refractivity contribution in [3.63, 3.8) is 0 Å². The maximum Gasteiger partial charge on any atom is 0.412 e. The molecule has 3 atom stereocenters. The molecule has 1 N–H and O–H groups in total. The highest BCUT2D eigenvalue weighted by Crippen LogP contribution is 2.40. The van der Waals surface area contributed by atoms with E-state index in [4.69, 9.17) is 4.98 Å². The Morgan fingerprint density at radius 3 is 2.75 bits per heavy atom. The molecule has 2 aliphatic rings. The van der Waals surface area contributed by atoms with Gasteiger partial charge in [0.15, 0.2) is 0 Å². The number of carbonyl (C=O) groups is 1. The van der Waals surface area contributed by atoms with Gasteiger partial charge in [0, 0.05) is 30.0 Å². The van der Waals surface area contributed by atoms with Gasteiger partial charge in [-0.15, -0.1) is 0 Å². The standard InChI is InChI=1S/C26H28N4O2/c1-17-10-11-21-22(29(17)26(31)32)12-13-23-25(21)28-24(15-18-6-3-2-4-7-18)30(23)20-9-5-8-19(14-20)16-27/h2-4,6-7,12-13,17,19-20H,5,8-11,14-15H2,1H3,(H,31,32)/t17-,19+,20-/m0/s1. The molecule has 1 aliphatic heterocycles. The van der Waals surface area contributed by atoms with Crippen LogP contribution in [0.1, 0.15) is 62.0 Å². The Labute approximate surface area is 188 Å². The number of nitrogens with zero attached hydrogens (tertiary/aromatic N) is 4. The molecule has 32 heavy (non-hydrogen) atoms. The topological polar surface area (TPSA) is 82.2 Å². The highest BCUT2D eigenvalue weighted by Gasteiger charge is 2.32. The average molecular weight is 429 g/mol. The molecular weight excluding hydrogens is 400 g/mol. The SMILES string of the molecule is C[C@H]1CCc2c(ccc3c2nc(Cc2ccccc2)n3[C@H]2CCC[C@@H](C#N)C2)N1C(=O)O. The van der Waals surface area contributed by atoms with Crippen molar-refractivity contribution in [2.45, 2.75) is 64.0 Å². The molecule has 6 heteroatoms. The summed E-state index contributed by atoms with van der Waals surface area (Å²) in [5.74, 6) is 1.08. The zero-order valence-electron chi connectivity index (χ0n) is 18.4. The van der Waals surface area contributed by atoms with Crippen molar-refractivity contribution in [3.8, 4) is 6.07 Å². The number of fused-ring (bicyclic) bond motifs is 3. The molecule has 1 aliphatic carbocycles. The van der Waals surface area contributed by atoms with Crippen molar-refractivity contribution in [1.82, 2.24) is 9.55 Å². The van der Waals surface area contributed by atoms with E-state index in [1.165, 1.54) is 10.5 Å². The number of amides is 1. The van der Waals surface area contributed by atoms with Crippen LogP contribution in [-0.2, 0) is 12.8 Å². The summed E-state index contributed by atoms with van der Waals surface area (Å²) in [6.45, 7) is 1.96. The highest BCUT2D eigenvalue weighted by atomic mass is 16.4. The number of carboxylic acid groups (broad SMARTS) is 1. The smallest absolute Gasteiger partial charge is 0.412 e. The molecule has 3 aromatic rings. The Bertz CT molecular complexity index is 1190. The van der Waals surface area contributed by atoms with Crippen molar-refractivity contribution in [2.75, 3.05) is 4.90 Å². The first kappa shape index (κ1) is 20.6. The lowest BCUT2D eigenvalue weighted by atomic mass is 9.86. The molecule has 0 bridgehead atoms. The summed E-state index contributed by atoms with van der Waals surface area (Å²) in [5, 5.41) is 19.4. The fourth-order valence-electron chi connectivity index (χ4n) is 5.56. The van der Waals surface area contributed by atoms with Gasteiger partial charge in [0.25, 0.3) is 0 Å². The molecule has 164 valence electrons. The first-order valence-electron chi connectivity index (χ1n) is 11.5. The molecule has 2 heterocycles. The molecule has 1 fully saturated rings. The Morgan fingerprint density at radius 2 is 2.00 bits per heavy atom. The van der Waals surface area contributed by atoms with Crippen LogP contribution in [0.3, 0.4) is 0 Å². The Morgan fingerprint density at radius 1 is 1.19 bits per heavy atom. The molecule has 0 spiro atoms. The second-order valence-electron chi connectivity index (χ2n) is 9.18. The predicted molar refractivity (Wildman–Crippen MR) is 124 cm³/mol. The Hall–Kier alpha value is -3.33. The molecule has 5 rings (SSSR count). The van der Waals surface area contributed by atoms with Crippen molar-refractivity contribution in [2.24, 2.45) is 5.92 Å². The van der Waals surface area contributed by atoms with Crippen molar-refractivity contribution in [1.29, 1.82) is 5.26 Å². The predicted octanol–water partition coefficient (Wildman–Crippen LogP) is 5.70. The summed E-state index contributed by atoms with van der Waals surface area (Å²) < 4.78 is 2.36. The number of anilines is 1. The fourth-order valence-corrected chi connectivity index (χ4v) is 5.56. The number of aryl methyl sites for hydroxylation is 1. The number of benzene rings is 2. The van der Waals surface area contributed by atoms with E-state index in [0.717, 1.165) is 73.1 Å². The lowest BCUT2D eigenvalue weighted by Crippen LogP contribution is -2.41. The van der Waals surface area contributed by atoms with E-state index in [-0.39, 0.29) is 18.0 Å².